The fourth-order valence-corrected chi connectivity index (χ4v) is 3.03. The van der Waals surface area contributed by atoms with Crippen LogP contribution in [0.3, 0.4) is 0 Å². The Hall–Kier alpha value is -1.21. The summed E-state index contributed by atoms with van der Waals surface area (Å²) in [4.78, 5) is 6.90. The molecule has 3 heterocycles. The number of ether oxygens (including phenoxy) is 1. The quantitative estimate of drug-likeness (QED) is 0.737. The summed E-state index contributed by atoms with van der Waals surface area (Å²) in [6, 6.07) is 4.82. The number of nitrogens with one attached hydrogen (secondary N) is 3. The number of pyridine rings is 1. The van der Waals surface area contributed by atoms with Crippen LogP contribution in [0.15, 0.2) is 18.3 Å². The molecule has 2 aliphatic heterocycles. The van der Waals surface area contributed by atoms with Gasteiger partial charge in [-0.2, -0.15) is 0 Å². The summed E-state index contributed by atoms with van der Waals surface area (Å²) >= 11 is 0. The minimum atomic E-state index is 0.285. The van der Waals surface area contributed by atoms with Gasteiger partial charge in [-0.05, 0) is 25.5 Å². The average molecular weight is 305 g/mol. The van der Waals surface area contributed by atoms with Gasteiger partial charge in [0.1, 0.15) is 5.82 Å². The number of hydrogen-bond donors (Lipinski definition) is 3. The Bertz CT molecular complexity index is 466. The molecule has 0 bridgehead atoms. The van der Waals surface area contributed by atoms with Crippen LogP contribution in [0.1, 0.15) is 19.4 Å². The van der Waals surface area contributed by atoms with Gasteiger partial charge in [0.25, 0.3) is 0 Å². The molecular formula is C16H27N5O. The fourth-order valence-electron chi connectivity index (χ4n) is 3.03. The van der Waals surface area contributed by atoms with E-state index in [4.69, 9.17) is 4.74 Å². The molecule has 2 fully saturated rings. The van der Waals surface area contributed by atoms with Crippen molar-refractivity contribution < 1.29 is 4.74 Å². The van der Waals surface area contributed by atoms with E-state index in [9.17, 15) is 0 Å². The first-order valence-corrected chi connectivity index (χ1v) is 8.23. The van der Waals surface area contributed by atoms with Gasteiger partial charge in [-0.15, -0.1) is 0 Å². The Balaban J connectivity index is 1.47. The van der Waals surface area contributed by atoms with Crippen molar-refractivity contribution in [2.24, 2.45) is 5.92 Å². The second-order valence-corrected chi connectivity index (χ2v) is 6.36. The first-order valence-electron chi connectivity index (χ1n) is 8.23. The van der Waals surface area contributed by atoms with Gasteiger partial charge in [-0.3, -0.25) is 10.9 Å². The molecule has 3 atom stereocenters. The summed E-state index contributed by atoms with van der Waals surface area (Å²) in [5, 5.41) is 3.53. The fraction of sp³-hybridized carbons (Fsp3) is 0.688. The van der Waals surface area contributed by atoms with Gasteiger partial charge in [0.15, 0.2) is 0 Å². The molecule has 3 unspecified atom stereocenters. The number of hydrogen-bond acceptors (Lipinski definition) is 6. The molecule has 0 spiro atoms. The zero-order valence-corrected chi connectivity index (χ0v) is 13.5. The van der Waals surface area contributed by atoms with Gasteiger partial charge in [0.05, 0.1) is 12.7 Å². The molecule has 6 nitrogen and oxygen atoms in total. The lowest BCUT2D eigenvalue weighted by molar-refractivity contribution is 0.0529. The van der Waals surface area contributed by atoms with Crippen molar-refractivity contribution in [3.05, 3.63) is 23.9 Å². The van der Waals surface area contributed by atoms with Crippen LogP contribution in [-0.4, -0.2) is 49.9 Å². The predicted octanol–water partition coefficient (Wildman–Crippen LogP) is 0.509. The van der Waals surface area contributed by atoms with E-state index < -0.39 is 0 Å². The third kappa shape index (κ3) is 3.95. The highest BCUT2D eigenvalue weighted by atomic mass is 16.5. The molecule has 0 radical (unpaired) electrons. The van der Waals surface area contributed by atoms with Crippen molar-refractivity contribution in [2.75, 3.05) is 37.7 Å². The van der Waals surface area contributed by atoms with Gasteiger partial charge >= 0.3 is 0 Å². The first-order chi connectivity index (χ1) is 10.7. The summed E-state index contributed by atoms with van der Waals surface area (Å²) in [5.41, 5.74) is 7.68. The van der Waals surface area contributed by atoms with E-state index in [1.807, 2.05) is 6.20 Å². The van der Waals surface area contributed by atoms with Crippen LogP contribution in [0.25, 0.3) is 0 Å². The molecule has 2 aliphatic rings. The zero-order valence-electron chi connectivity index (χ0n) is 13.5. The van der Waals surface area contributed by atoms with Gasteiger partial charge in [-0.25, -0.2) is 4.98 Å². The van der Waals surface area contributed by atoms with Crippen LogP contribution in [0.5, 0.6) is 0 Å². The van der Waals surface area contributed by atoms with E-state index in [1.54, 1.807) is 0 Å². The zero-order chi connectivity index (χ0) is 15.4. The van der Waals surface area contributed by atoms with Gasteiger partial charge in [0, 0.05) is 50.9 Å². The molecule has 3 N–H and O–H groups in total. The Morgan fingerprint density at radius 1 is 1.41 bits per heavy atom. The number of rotatable bonds is 5. The third-order valence-corrected chi connectivity index (χ3v) is 4.51. The average Bonchev–Trinajstić information content (AvgIpc) is 2.93. The van der Waals surface area contributed by atoms with E-state index in [-0.39, 0.29) is 6.10 Å². The summed E-state index contributed by atoms with van der Waals surface area (Å²) in [6.07, 6.45) is 2.27. The van der Waals surface area contributed by atoms with Crippen LogP contribution in [0.2, 0.25) is 0 Å². The Morgan fingerprint density at radius 2 is 2.32 bits per heavy atom. The monoisotopic (exact) mass is 305 g/mol. The summed E-state index contributed by atoms with van der Waals surface area (Å²) in [7, 11) is 0. The van der Waals surface area contributed by atoms with Crippen molar-refractivity contribution >= 4 is 5.82 Å². The topological polar surface area (TPSA) is 61.5 Å². The highest BCUT2D eigenvalue weighted by Gasteiger charge is 2.22. The van der Waals surface area contributed by atoms with E-state index in [0.29, 0.717) is 12.0 Å². The van der Waals surface area contributed by atoms with Crippen molar-refractivity contribution in [3.63, 3.8) is 0 Å². The molecule has 2 saturated heterocycles. The summed E-state index contributed by atoms with van der Waals surface area (Å²) in [6.45, 7) is 9.87. The van der Waals surface area contributed by atoms with Crippen LogP contribution in [0.4, 0.5) is 5.82 Å². The van der Waals surface area contributed by atoms with Crippen LogP contribution in [0, 0.1) is 5.92 Å². The predicted molar refractivity (Wildman–Crippen MR) is 87.7 cm³/mol. The Kier molecular flexibility index (Phi) is 5.25. The number of hydrazine groups is 1. The number of aromatic nitrogens is 1. The highest BCUT2D eigenvalue weighted by Crippen LogP contribution is 2.15. The number of morpholine rings is 1. The maximum Gasteiger partial charge on any atom is 0.128 e. The largest absolute Gasteiger partial charge is 0.375 e. The second kappa shape index (κ2) is 7.37. The summed E-state index contributed by atoms with van der Waals surface area (Å²) in [5.74, 6) is 1.69. The Morgan fingerprint density at radius 3 is 3.00 bits per heavy atom. The Labute approximate surface area is 132 Å². The maximum atomic E-state index is 5.57. The van der Waals surface area contributed by atoms with Crippen molar-refractivity contribution in [1.82, 2.24) is 21.2 Å². The third-order valence-electron chi connectivity index (χ3n) is 4.51. The SMILES string of the molecule is CC1CN(c2ccc(CNCC3CNNC3C)cn2)CCO1. The van der Waals surface area contributed by atoms with E-state index in [2.05, 4.69) is 52.0 Å². The van der Waals surface area contributed by atoms with Crippen molar-refractivity contribution in [3.8, 4) is 0 Å². The number of anilines is 1. The molecular weight excluding hydrogens is 278 g/mol. The van der Waals surface area contributed by atoms with Gasteiger partial charge < -0.3 is 15.0 Å². The maximum absolute atomic E-state index is 5.57. The molecule has 1 aromatic rings. The lowest BCUT2D eigenvalue weighted by atomic mass is 10.0. The molecule has 6 heteroatoms. The highest BCUT2D eigenvalue weighted by molar-refractivity contribution is 5.39. The van der Waals surface area contributed by atoms with E-state index >= 15 is 0 Å². The van der Waals surface area contributed by atoms with Gasteiger partial charge in [-0.1, -0.05) is 6.07 Å². The number of nitrogens with zero attached hydrogens (tertiary/aromatic N) is 2. The lowest BCUT2D eigenvalue weighted by Gasteiger charge is -2.32. The van der Waals surface area contributed by atoms with Gasteiger partial charge in [0.2, 0.25) is 0 Å². The molecule has 0 aromatic carbocycles. The lowest BCUT2D eigenvalue weighted by Crippen LogP contribution is -2.41. The van der Waals surface area contributed by atoms with Crippen molar-refractivity contribution in [1.29, 1.82) is 0 Å². The minimum absolute atomic E-state index is 0.285. The van der Waals surface area contributed by atoms with E-state index in [0.717, 1.165) is 45.1 Å². The molecule has 1 aromatic heterocycles. The first kappa shape index (κ1) is 15.7. The van der Waals surface area contributed by atoms with Crippen LogP contribution >= 0.6 is 0 Å². The minimum Gasteiger partial charge on any atom is -0.375 e. The van der Waals surface area contributed by atoms with Crippen LogP contribution in [-0.2, 0) is 11.3 Å². The molecule has 0 saturated carbocycles. The molecule has 122 valence electrons. The van der Waals surface area contributed by atoms with Crippen molar-refractivity contribution in [2.45, 2.75) is 32.5 Å². The second-order valence-electron chi connectivity index (χ2n) is 6.36. The molecule has 0 amide bonds. The standard InChI is InChI=1S/C16H27N5O/c1-12-11-21(5-6-22-12)16-4-3-14(8-18-16)7-17-9-15-10-19-20-13(15)2/h3-4,8,12-13,15,17,19-20H,5-7,9-11H2,1-2H3. The van der Waals surface area contributed by atoms with E-state index in [1.165, 1.54) is 5.56 Å². The van der Waals surface area contributed by atoms with Crippen LogP contribution < -0.4 is 21.1 Å². The molecule has 22 heavy (non-hydrogen) atoms. The summed E-state index contributed by atoms with van der Waals surface area (Å²) < 4.78 is 5.57. The molecule has 3 rings (SSSR count). The molecule has 0 aliphatic carbocycles. The smallest absolute Gasteiger partial charge is 0.128 e. The normalized spacial score (nSPS) is 29.0.